The molecule has 1 aliphatic carbocycles. The molecule has 1 fully saturated rings. The van der Waals surface area contributed by atoms with Crippen molar-refractivity contribution < 1.29 is 18.7 Å². The third kappa shape index (κ3) is 5.63. The van der Waals surface area contributed by atoms with Crippen molar-refractivity contribution in [3.05, 3.63) is 101 Å². The Morgan fingerprint density at radius 1 is 1.12 bits per heavy atom. The number of aliphatic hydroxyl groups is 1. The number of rotatable bonds is 7. The van der Waals surface area contributed by atoms with Gasteiger partial charge in [-0.2, -0.15) is 4.39 Å². The Hall–Kier alpha value is -3.12. The molecule has 4 nitrogen and oxygen atoms in total. The molecular weight excluding hydrogens is 422 g/mol. The van der Waals surface area contributed by atoms with E-state index in [1.165, 1.54) is 23.2 Å². The van der Waals surface area contributed by atoms with Gasteiger partial charge in [-0.3, -0.25) is 4.79 Å². The van der Waals surface area contributed by atoms with Gasteiger partial charge in [-0.1, -0.05) is 30.3 Å². The fraction of sp³-hybridized carbons (Fsp3) is 0.333. The van der Waals surface area contributed by atoms with Crippen molar-refractivity contribution in [3.8, 4) is 0 Å². The van der Waals surface area contributed by atoms with E-state index >= 15 is 0 Å². The molecule has 0 unspecified atom stereocenters. The van der Waals surface area contributed by atoms with Gasteiger partial charge in [0.1, 0.15) is 5.82 Å². The molecule has 2 aromatic carbocycles. The van der Waals surface area contributed by atoms with Crippen molar-refractivity contribution >= 4 is 5.91 Å². The van der Waals surface area contributed by atoms with Crippen LogP contribution in [0.15, 0.2) is 66.9 Å². The summed E-state index contributed by atoms with van der Waals surface area (Å²) in [6, 6.07) is 17.0. The molecule has 1 amide bonds. The predicted molar refractivity (Wildman–Crippen MR) is 122 cm³/mol. The lowest BCUT2D eigenvalue weighted by atomic mass is 9.91. The summed E-state index contributed by atoms with van der Waals surface area (Å²) in [5, 5.41) is 10.7. The van der Waals surface area contributed by atoms with E-state index in [9.17, 15) is 18.7 Å². The number of amides is 1. The number of carbonyl (C=O) groups is 1. The third-order valence-corrected chi connectivity index (χ3v) is 6.53. The van der Waals surface area contributed by atoms with Crippen LogP contribution in [-0.2, 0) is 13.0 Å². The molecule has 4 rings (SSSR count). The lowest BCUT2D eigenvalue weighted by molar-refractivity contribution is 0.0783. The number of hydrogen-bond acceptors (Lipinski definition) is 3. The zero-order chi connectivity index (χ0) is 23.4. The lowest BCUT2D eigenvalue weighted by Crippen LogP contribution is -2.26. The van der Waals surface area contributed by atoms with Crippen LogP contribution in [0, 0.1) is 23.6 Å². The van der Waals surface area contributed by atoms with E-state index in [0.29, 0.717) is 22.6 Å². The summed E-state index contributed by atoms with van der Waals surface area (Å²) in [5.74, 6) is -0.504. The van der Waals surface area contributed by atoms with Crippen LogP contribution >= 0.6 is 0 Å². The molecule has 1 aromatic heterocycles. The predicted octanol–water partition coefficient (Wildman–Crippen LogP) is 5.32. The molecule has 1 N–H and O–H groups in total. The third-order valence-electron chi connectivity index (χ3n) is 6.53. The molecular formula is C27H28F2N2O2. The zero-order valence-corrected chi connectivity index (χ0v) is 18.6. The Labute approximate surface area is 192 Å². The molecule has 6 heteroatoms. The van der Waals surface area contributed by atoms with E-state index in [-0.39, 0.29) is 24.2 Å². The van der Waals surface area contributed by atoms with Crippen molar-refractivity contribution in [3.63, 3.8) is 0 Å². The molecule has 0 saturated heterocycles. The summed E-state index contributed by atoms with van der Waals surface area (Å²) in [6.45, 7) is 0.150. The largest absolute Gasteiger partial charge is 0.388 e. The van der Waals surface area contributed by atoms with Crippen LogP contribution in [-0.4, -0.2) is 27.9 Å². The van der Waals surface area contributed by atoms with Gasteiger partial charge in [-0.25, -0.2) is 9.37 Å². The average molecular weight is 451 g/mol. The van der Waals surface area contributed by atoms with Gasteiger partial charge < -0.3 is 10.0 Å². The number of halogens is 2. The van der Waals surface area contributed by atoms with Gasteiger partial charge in [0.2, 0.25) is 5.95 Å². The molecule has 1 heterocycles. The Bertz CT molecular complexity index is 1100. The van der Waals surface area contributed by atoms with Gasteiger partial charge in [0.15, 0.2) is 0 Å². The minimum absolute atomic E-state index is 0.124. The Balaban J connectivity index is 1.32. The minimum atomic E-state index is -0.647. The monoisotopic (exact) mass is 450 g/mol. The van der Waals surface area contributed by atoms with Crippen molar-refractivity contribution in [1.82, 2.24) is 9.88 Å². The molecule has 0 bridgehead atoms. The summed E-state index contributed by atoms with van der Waals surface area (Å²) in [5.41, 5.74) is 2.70. The standard InChI is InChI=1S/C27H28F2N2O2/c1-31(17-23-5-3-13-30-26(23)29)27(33)20-10-7-18(8-11-20)14-19-9-12-22(15-19)25(32)21-4-2-6-24(28)16-21/h2-8,10-11,13,16,19,22,25,32H,9,12,14-15,17H2,1H3/t19-,22-,25+/m0/s1. The Morgan fingerprint density at radius 3 is 2.64 bits per heavy atom. The molecule has 1 aliphatic rings. The fourth-order valence-electron chi connectivity index (χ4n) is 4.75. The van der Waals surface area contributed by atoms with E-state index < -0.39 is 12.1 Å². The van der Waals surface area contributed by atoms with Gasteiger partial charge in [0, 0.05) is 24.4 Å². The van der Waals surface area contributed by atoms with Crippen LogP contribution in [0.5, 0.6) is 0 Å². The normalized spacial score (nSPS) is 18.8. The number of aliphatic hydroxyl groups excluding tert-OH is 1. The highest BCUT2D eigenvalue weighted by atomic mass is 19.1. The van der Waals surface area contributed by atoms with Gasteiger partial charge in [-0.15, -0.1) is 0 Å². The topological polar surface area (TPSA) is 53.4 Å². The van der Waals surface area contributed by atoms with E-state index in [0.717, 1.165) is 31.2 Å². The first-order valence-corrected chi connectivity index (χ1v) is 11.3. The summed E-state index contributed by atoms with van der Waals surface area (Å²) in [4.78, 5) is 17.8. The zero-order valence-electron chi connectivity index (χ0n) is 18.6. The van der Waals surface area contributed by atoms with Gasteiger partial charge in [0.25, 0.3) is 5.91 Å². The molecule has 0 aliphatic heterocycles. The van der Waals surface area contributed by atoms with Crippen LogP contribution in [0.25, 0.3) is 0 Å². The van der Waals surface area contributed by atoms with Crippen LogP contribution < -0.4 is 0 Å². The summed E-state index contributed by atoms with van der Waals surface area (Å²) in [7, 11) is 1.64. The van der Waals surface area contributed by atoms with Crippen LogP contribution in [0.1, 0.15) is 52.4 Å². The van der Waals surface area contributed by atoms with E-state index in [1.54, 1.807) is 31.3 Å². The van der Waals surface area contributed by atoms with E-state index in [2.05, 4.69) is 4.98 Å². The molecule has 1 saturated carbocycles. The average Bonchev–Trinajstić information content (AvgIpc) is 3.28. The highest BCUT2D eigenvalue weighted by molar-refractivity contribution is 5.94. The van der Waals surface area contributed by atoms with Gasteiger partial charge in [-0.05, 0) is 79.0 Å². The molecule has 172 valence electrons. The first-order valence-electron chi connectivity index (χ1n) is 11.3. The first-order chi connectivity index (χ1) is 15.9. The molecule has 0 spiro atoms. The Kier molecular flexibility index (Phi) is 7.14. The molecule has 33 heavy (non-hydrogen) atoms. The number of pyridine rings is 1. The summed E-state index contributed by atoms with van der Waals surface area (Å²) >= 11 is 0. The molecule has 0 radical (unpaired) electrons. The van der Waals surface area contributed by atoms with Gasteiger partial charge >= 0.3 is 0 Å². The van der Waals surface area contributed by atoms with E-state index in [1.807, 2.05) is 24.3 Å². The maximum Gasteiger partial charge on any atom is 0.253 e. The van der Waals surface area contributed by atoms with E-state index in [4.69, 9.17) is 0 Å². The second-order valence-electron chi connectivity index (χ2n) is 8.95. The highest BCUT2D eigenvalue weighted by Gasteiger charge is 2.31. The van der Waals surface area contributed by atoms with Crippen molar-refractivity contribution in [2.24, 2.45) is 11.8 Å². The van der Waals surface area contributed by atoms with Crippen LogP contribution in [0.3, 0.4) is 0 Å². The highest BCUT2D eigenvalue weighted by Crippen LogP contribution is 2.40. The second kappa shape index (κ2) is 10.2. The maximum atomic E-state index is 13.8. The van der Waals surface area contributed by atoms with Crippen molar-refractivity contribution in [2.45, 2.75) is 38.3 Å². The quantitative estimate of drug-likeness (QED) is 0.496. The SMILES string of the molecule is CN(Cc1cccnc1F)C(=O)c1ccc(C[C@@H]2CC[C@H]([C@H](O)c3cccc(F)c3)C2)cc1. The number of hydrogen-bond donors (Lipinski definition) is 1. The van der Waals surface area contributed by atoms with Crippen molar-refractivity contribution in [1.29, 1.82) is 0 Å². The summed E-state index contributed by atoms with van der Waals surface area (Å²) < 4.78 is 27.3. The first kappa shape index (κ1) is 23.1. The second-order valence-corrected chi connectivity index (χ2v) is 8.95. The summed E-state index contributed by atoms with van der Waals surface area (Å²) in [6.07, 6.45) is 4.42. The number of aromatic nitrogens is 1. The Morgan fingerprint density at radius 2 is 1.91 bits per heavy atom. The van der Waals surface area contributed by atoms with Gasteiger partial charge in [0.05, 0.1) is 12.6 Å². The fourth-order valence-corrected chi connectivity index (χ4v) is 4.75. The molecule has 3 aromatic rings. The number of benzene rings is 2. The van der Waals surface area contributed by atoms with Crippen molar-refractivity contribution in [2.75, 3.05) is 7.05 Å². The smallest absolute Gasteiger partial charge is 0.253 e. The van der Waals surface area contributed by atoms with Crippen LogP contribution in [0.4, 0.5) is 8.78 Å². The number of carbonyl (C=O) groups excluding carboxylic acids is 1. The molecule has 3 atom stereocenters. The minimum Gasteiger partial charge on any atom is -0.388 e. The lowest BCUT2D eigenvalue weighted by Gasteiger charge is -2.19. The number of nitrogens with zero attached hydrogens (tertiary/aromatic N) is 2. The van der Waals surface area contributed by atoms with Crippen LogP contribution in [0.2, 0.25) is 0 Å². The maximum absolute atomic E-state index is 13.8.